The van der Waals surface area contributed by atoms with Gasteiger partial charge in [-0.05, 0) is 50.4 Å². The summed E-state index contributed by atoms with van der Waals surface area (Å²) in [6.45, 7) is 4.48. The Bertz CT molecular complexity index is 489. The van der Waals surface area contributed by atoms with Crippen LogP contribution in [0.5, 0.6) is 0 Å². The summed E-state index contributed by atoms with van der Waals surface area (Å²) < 4.78 is 0. The van der Waals surface area contributed by atoms with Gasteiger partial charge in [0.15, 0.2) is 0 Å². The number of nitrogens with zero attached hydrogens (tertiary/aromatic N) is 2. The summed E-state index contributed by atoms with van der Waals surface area (Å²) in [5.74, 6) is 0. The molecule has 0 bridgehead atoms. The molecule has 3 nitrogen and oxygen atoms in total. The van der Waals surface area contributed by atoms with Crippen molar-refractivity contribution in [3.8, 4) is 6.07 Å². The van der Waals surface area contributed by atoms with Crippen LogP contribution in [0.1, 0.15) is 30.4 Å². The molecule has 3 heteroatoms. The van der Waals surface area contributed by atoms with Crippen LogP contribution >= 0.6 is 0 Å². The first-order valence-corrected chi connectivity index (χ1v) is 6.79. The number of nitrogens with one attached hydrogen (secondary N) is 1. The van der Waals surface area contributed by atoms with Crippen LogP contribution in [0, 0.1) is 18.3 Å². The highest BCUT2D eigenvalue weighted by Gasteiger charge is 2.37. The molecular formula is C15H19N3. The van der Waals surface area contributed by atoms with Gasteiger partial charge in [-0.3, -0.25) is 4.90 Å². The third-order valence-corrected chi connectivity index (χ3v) is 4.24. The molecule has 1 N–H and O–H groups in total. The second-order valence-corrected chi connectivity index (χ2v) is 5.45. The first-order chi connectivity index (χ1) is 8.78. The number of fused-ring (bicyclic) bond motifs is 1. The lowest BCUT2D eigenvalue weighted by Gasteiger charge is -2.22. The van der Waals surface area contributed by atoms with Gasteiger partial charge in [0, 0.05) is 18.6 Å². The number of benzene rings is 1. The van der Waals surface area contributed by atoms with Crippen molar-refractivity contribution in [1.29, 1.82) is 5.26 Å². The number of anilines is 1. The van der Waals surface area contributed by atoms with Crippen molar-refractivity contribution in [2.24, 2.45) is 0 Å². The Hall–Kier alpha value is -1.53. The molecule has 2 unspecified atom stereocenters. The van der Waals surface area contributed by atoms with E-state index in [-0.39, 0.29) is 0 Å². The van der Waals surface area contributed by atoms with Crippen molar-refractivity contribution in [3.05, 3.63) is 29.3 Å². The van der Waals surface area contributed by atoms with E-state index in [1.807, 2.05) is 19.1 Å². The monoisotopic (exact) mass is 241 g/mol. The maximum atomic E-state index is 9.20. The molecule has 2 heterocycles. The highest BCUT2D eigenvalue weighted by Crippen LogP contribution is 2.30. The molecule has 0 amide bonds. The third kappa shape index (κ3) is 1.97. The molecule has 2 aliphatic rings. The van der Waals surface area contributed by atoms with Gasteiger partial charge in [0.2, 0.25) is 0 Å². The van der Waals surface area contributed by atoms with Crippen LogP contribution in [-0.4, -0.2) is 30.1 Å². The van der Waals surface area contributed by atoms with Crippen LogP contribution < -0.4 is 5.32 Å². The van der Waals surface area contributed by atoms with Crippen LogP contribution in [0.15, 0.2) is 18.2 Å². The zero-order valence-electron chi connectivity index (χ0n) is 10.8. The van der Waals surface area contributed by atoms with Gasteiger partial charge < -0.3 is 5.32 Å². The summed E-state index contributed by atoms with van der Waals surface area (Å²) in [5, 5.41) is 12.8. The zero-order chi connectivity index (χ0) is 12.5. The first kappa shape index (κ1) is 11.6. The molecule has 0 spiro atoms. The van der Waals surface area contributed by atoms with E-state index >= 15 is 0 Å². The van der Waals surface area contributed by atoms with E-state index in [1.54, 1.807) is 0 Å². The zero-order valence-corrected chi connectivity index (χ0v) is 10.8. The molecule has 0 saturated carbocycles. The summed E-state index contributed by atoms with van der Waals surface area (Å²) in [6.07, 6.45) is 3.82. The normalized spacial score (nSPS) is 26.9. The van der Waals surface area contributed by atoms with E-state index in [0.717, 1.165) is 16.8 Å². The lowest BCUT2D eigenvalue weighted by Crippen LogP contribution is -2.33. The molecule has 0 aliphatic carbocycles. The van der Waals surface area contributed by atoms with Crippen molar-refractivity contribution < 1.29 is 0 Å². The Morgan fingerprint density at radius 2 is 2.22 bits per heavy atom. The van der Waals surface area contributed by atoms with Crippen molar-refractivity contribution in [2.45, 2.75) is 38.3 Å². The van der Waals surface area contributed by atoms with Gasteiger partial charge in [0.25, 0.3) is 0 Å². The highest BCUT2D eigenvalue weighted by molar-refractivity contribution is 5.59. The van der Waals surface area contributed by atoms with Crippen molar-refractivity contribution in [1.82, 2.24) is 4.90 Å². The second-order valence-electron chi connectivity index (χ2n) is 5.45. The van der Waals surface area contributed by atoms with Gasteiger partial charge in [-0.25, -0.2) is 0 Å². The minimum atomic E-state index is 0.516. The van der Waals surface area contributed by atoms with Gasteiger partial charge in [0.05, 0.1) is 11.3 Å². The van der Waals surface area contributed by atoms with Crippen molar-refractivity contribution in [2.75, 3.05) is 18.4 Å². The number of hydrogen-bond acceptors (Lipinski definition) is 3. The fourth-order valence-electron chi connectivity index (χ4n) is 3.33. The standard InChI is InChI=1S/C15H19N3/c1-11-4-5-13(12(9-11)10-16)17-14-6-8-18-7-2-3-15(14)18/h4-5,9,14-15,17H,2-3,6-8H2,1H3. The average Bonchev–Trinajstić information content (AvgIpc) is 2.96. The number of rotatable bonds is 2. The molecule has 3 rings (SSSR count). The summed E-state index contributed by atoms with van der Waals surface area (Å²) >= 11 is 0. The SMILES string of the molecule is Cc1ccc(NC2CCN3CCCC23)c(C#N)c1. The van der Waals surface area contributed by atoms with Crippen molar-refractivity contribution >= 4 is 5.69 Å². The molecule has 2 fully saturated rings. The molecule has 1 aromatic carbocycles. The number of aryl methyl sites for hydroxylation is 1. The van der Waals surface area contributed by atoms with Gasteiger partial charge >= 0.3 is 0 Å². The summed E-state index contributed by atoms with van der Waals surface area (Å²) in [5.41, 5.74) is 2.92. The van der Waals surface area contributed by atoms with Crippen LogP contribution in [0.4, 0.5) is 5.69 Å². The molecule has 2 aliphatic heterocycles. The summed E-state index contributed by atoms with van der Waals surface area (Å²) in [6, 6.07) is 9.57. The highest BCUT2D eigenvalue weighted by atomic mass is 15.2. The molecule has 2 atom stereocenters. The quantitative estimate of drug-likeness (QED) is 0.864. The smallest absolute Gasteiger partial charge is 0.101 e. The Balaban J connectivity index is 1.79. The Morgan fingerprint density at radius 1 is 1.33 bits per heavy atom. The van der Waals surface area contributed by atoms with E-state index in [9.17, 15) is 5.26 Å². The Morgan fingerprint density at radius 3 is 3.06 bits per heavy atom. The molecule has 94 valence electrons. The maximum Gasteiger partial charge on any atom is 0.101 e. The molecule has 0 radical (unpaired) electrons. The van der Waals surface area contributed by atoms with E-state index in [0.29, 0.717) is 12.1 Å². The van der Waals surface area contributed by atoms with E-state index in [2.05, 4.69) is 22.4 Å². The predicted octanol–water partition coefficient (Wildman–Crippen LogP) is 2.52. The summed E-state index contributed by atoms with van der Waals surface area (Å²) in [4.78, 5) is 2.58. The maximum absolute atomic E-state index is 9.20. The Labute approximate surface area is 108 Å². The predicted molar refractivity (Wildman–Crippen MR) is 72.5 cm³/mol. The van der Waals surface area contributed by atoms with Crippen LogP contribution in [0.25, 0.3) is 0 Å². The fourth-order valence-corrected chi connectivity index (χ4v) is 3.33. The fraction of sp³-hybridized carbons (Fsp3) is 0.533. The lowest BCUT2D eigenvalue weighted by atomic mass is 10.0. The topological polar surface area (TPSA) is 39.1 Å². The number of nitriles is 1. The number of hydrogen-bond donors (Lipinski definition) is 1. The third-order valence-electron chi connectivity index (χ3n) is 4.24. The van der Waals surface area contributed by atoms with Crippen molar-refractivity contribution in [3.63, 3.8) is 0 Å². The summed E-state index contributed by atoms with van der Waals surface area (Å²) in [7, 11) is 0. The van der Waals surface area contributed by atoms with Crippen LogP contribution in [0.3, 0.4) is 0 Å². The van der Waals surface area contributed by atoms with Crippen LogP contribution in [-0.2, 0) is 0 Å². The largest absolute Gasteiger partial charge is 0.380 e. The molecule has 0 aromatic heterocycles. The minimum Gasteiger partial charge on any atom is -0.380 e. The van der Waals surface area contributed by atoms with E-state index in [4.69, 9.17) is 0 Å². The van der Waals surface area contributed by atoms with Gasteiger partial charge in [-0.1, -0.05) is 6.07 Å². The lowest BCUT2D eigenvalue weighted by molar-refractivity contribution is 0.318. The molecule has 1 aromatic rings. The second kappa shape index (κ2) is 4.62. The first-order valence-electron chi connectivity index (χ1n) is 6.79. The van der Waals surface area contributed by atoms with Gasteiger partial charge in [0.1, 0.15) is 6.07 Å². The van der Waals surface area contributed by atoms with Gasteiger partial charge in [-0.15, -0.1) is 0 Å². The van der Waals surface area contributed by atoms with E-state index in [1.165, 1.54) is 32.4 Å². The minimum absolute atomic E-state index is 0.516. The molecule has 2 saturated heterocycles. The molecular weight excluding hydrogens is 222 g/mol. The molecule has 18 heavy (non-hydrogen) atoms. The average molecular weight is 241 g/mol. The van der Waals surface area contributed by atoms with Gasteiger partial charge in [-0.2, -0.15) is 5.26 Å². The Kier molecular flexibility index (Phi) is 2.97. The van der Waals surface area contributed by atoms with E-state index < -0.39 is 0 Å². The van der Waals surface area contributed by atoms with Crippen LogP contribution in [0.2, 0.25) is 0 Å².